The predicted octanol–water partition coefficient (Wildman–Crippen LogP) is 3.91. The van der Waals surface area contributed by atoms with Gasteiger partial charge in [0.05, 0.1) is 5.56 Å². The number of benzene rings is 1. The third kappa shape index (κ3) is 3.35. The summed E-state index contributed by atoms with van der Waals surface area (Å²) in [4.78, 5) is 14.3. The van der Waals surface area contributed by atoms with Crippen molar-refractivity contribution in [3.05, 3.63) is 35.1 Å². The molecule has 2 rings (SSSR count). The Kier molecular flexibility index (Phi) is 4.97. The molecule has 1 aromatic carbocycles. The van der Waals surface area contributed by atoms with Crippen molar-refractivity contribution < 1.29 is 9.18 Å². The summed E-state index contributed by atoms with van der Waals surface area (Å²) in [6, 6.07) is 5.12. The third-order valence-corrected chi connectivity index (χ3v) is 4.22. The third-order valence-electron chi connectivity index (χ3n) is 3.66. The monoisotopic (exact) mass is 327 g/mol. The number of hydrogen-bond donors (Lipinski definition) is 0. The summed E-state index contributed by atoms with van der Waals surface area (Å²) in [6.45, 7) is 2.52. The molecule has 0 spiro atoms. The van der Waals surface area contributed by atoms with Gasteiger partial charge in [0.15, 0.2) is 0 Å². The summed E-state index contributed by atoms with van der Waals surface area (Å²) in [5.74, 6) is -0.573. The predicted molar refractivity (Wildman–Crippen MR) is 78.2 cm³/mol. The topological polar surface area (TPSA) is 20.3 Å². The van der Waals surface area contributed by atoms with E-state index in [-0.39, 0.29) is 11.5 Å². The van der Waals surface area contributed by atoms with Crippen LogP contribution >= 0.6 is 15.9 Å². The number of alkyl halides is 1. The van der Waals surface area contributed by atoms with Gasteiger partial charge in [-0.2, -0.15) is 0 Å². The Morgan fingerprint density at radius 1 is 1.47 bits per heavy atom. The van der Waals surface area contributed by atoms with Crippen LogP contribution in [0.5, 0.6) is 0 Å². The Morgan fingerprint density at radius 2 is 2.21 bits per heavy atom. The van der Waals surface area contributed by atoms with Crippen LogP contribution in [0.1, 0.15) is 41.6 Å². The van der Waals surface area contributed by atoms with Gasteiger partial charge in [-0.05, 0) is 50.3 Å². The minimum absolute atomic E-state index is 0.164. The molecule has 1 saturated carbocycles. The molecule has 0 unspecified atom stereocenters. The van der Waals surface area contributed by atoms with Crippen LogP contribution in [0, 0.1) is 12.7 Å². The van der Waals surface area contributed by atoms with Crippen LogP contribution in [0.2, 0.25) is 0 Å². The zero-order valence-corrected chi connectivity index (χ0v) is 12.7. The van der Waals surface area contributed by atoms with Gasteiger partial charge in [-0.3, -0.25) is 4.79 Å². The van der Waals surface area contributed by atoms with E-state index >= 15 is 0 Å². The quantitative estimate of drug-likeness (QED) is 0.751. The zero-order chi connectivity index (χ0) is 13.8. The van der Waals surface area contributed by atoms with Crippen molar-refractivity contribution >= 4 is 21.8 Å². The van der Waals surface area contributed by atoms with Gasteiger partial charge < -0.3 is 4.90 Å². The SMILES string of the molecule is Cc1ccc(C(=O)N(CCCBr)C2CCC2)c(F)c1. The molecule has 0 saturated heterocycles. The largest absolute Gasteiger partial charge is 0.336 e. The van der Waals surface area contributed by atoms with E-state index < -0.39 is 5.82 Å². The van der Waals surface area contributed by atoms with Crippen LogP contribution in [0.4, 0.5) is 4.39 Å². The Bertz CT molecular complexity index is 459. The lowest BCUT2D eigenvalue weighted by Crippen LogP contribution is -2.45. The molecule has 0 aliphatic heterocycles. The maximum absolute atomic E-state index is 13.9. The van der Waals surface area contributed by atoms with Gasteiger partial charge in [0.1, 0.15) is 5.82 Å². The Hall–Kier alpha value is -0.900. The summed E-state index contributed by atoms with van der Waals surface area (Å²) in [5.41, 5.74) is 1.04. The lowest BCUT2D eigenvalue weighted by Gasteiger charge is -2.37. The zero-order valence-electron chi connectivity index (χ0n) is 11.2. The molecule has 1 fully saturated rings. The van der Waals surface area contributed by atoms with Crippen molar-refractivity contribution in [2.75, 3.05) is 11.9 Å². The number of carbonyl (C=O) groups is 1. The first-order chi connectivity index (χ1) is 9.13. The molecule has 1 aliphatic rings. The minimum Gasteiger partial charge on any atom is -0.336 e. The van der Waals surface area contributed by atoms with Crippen LogP contribution in [-0.2, 0) is 0 Å². The van der Waals surface area contributed by atoms with Crippen molar-refractivity contribution in [3.63, 3.8) is 0 Å². The Balaban J connectivity index is 2.17. The molecule has 1 amide bonds. The van der Waals surface area contributed by atoms with Crippen molar-refractivity contribution in [1.29, 1.82) is 0 Å². The Labute approximate surface area is 122 Å². The molecule has 104 valence electrons. The van der Waals surface area contributed by atoms with E-state index in [4.69, 9.17) is 0 Å². The van der Waals surface area contributed by atoms with Crippen molar-refractivity contribution in [1.82, 2.24) is 4.90 Å². The van der Waals surface area contributed by atoms with Crippen molar-refractivity contribution in [3.8, 4) is 0 Å². The van der Waals surface area contributed by atoms with Crippen molar-refractivity contribution in [2.24, 2.45) is 0 Å². The molecule has 0 bridgehead atoms. The first-order valence-corrected chi connectivity index (χ1v) is 7.88. The van der Waals surface area contributed by atoms with Crippen LogP contribution in [0.25, 0.3) is 0 Å². The average Bonchev–Trinajstić information content (AvgIpc) is 2.31. The minimum atomic E-state index is -0.409. The molecule has 19 heavy (non-hydrogen) atoms. The number of halogens is 2. The smallest absolute Gasteiger partial charge is 0.257 e. The van der Waals surface area contributed by atoms with E-state index in [1.165, 1.54) is 12.5 Å². The maximum Gasteiger partial charge on any atom is 0.257 e. The van der Waals surface area contributed by atoms with E-state index in [1.807, 2.05) is 11.8 Å². The lowest BCUT2D eigenvalue weighted by molar-refractivity contribution is 0.0576. The van der Waals surface area contributed by atoms with Gasteiger partial charge in [0.2, 0.25) is 0 Å². The highest BCUT2D eigenvalue weighted by Crippen LogP contribution is 2.27. The summed E-state index contributed by atoms with van der Waals surface area (Å²) in [5, 5.41) is 0.861. The molecule has 0 atom stereocenters. The number of amides is 1. The van der Waals surface area contributed by atoms with E-state index in [0.717, 1.165) is 30.2 Å². The van der Waals surface area contributed by atoms with Gasteiger partial charge in [-0.15, -0.1) is 0 Å². The molecule has 4 heteroatoms. The maximum atomic E-state index is 13.9. The van der Waals surface area contributed by atoms with Gasteiger partial charge in [0.25, 0.3) is 5.91 Å². The van der Waals surface area contributed by atoms with Gasteiger partial charge in [0, 0.05) is 17.9 Å². The molecule has 1 aromatic rings. The second-order valence-electron chi connectivity index (χ2n) is 5.11. The van der Waals surface area contributed by atoms with E-state index in [0.29, 0.717) is 12.6 Å². The second-order valence-corrected chi connectivity index (χ2v) is 5.90. The molecule has 1 aliphatic carbocycles. The molecular formula is C15H19BrFNO. The number of aryl methyl sites for hydroxylation is 1. The highest BCUT2D eigenvalue weighted by atomic mass is 79.9. The second kappa shape index (κ2) is 6.51. The standard InChI is InChI=1S/C15H19BrFNO/c1-11-6-7-13(14(17)10-11)15(19)18(9-3-8-16)12-4-2-5-12/h6-7,10,12H,2-5,8-9H2,1H3. The van der Waals surface area contributed by atoms with Crippen LogP contribution in [0.15, 0.2) is 18.2 Å². The molecule has 0 heterocycles. The number of nitrogens with zero attached hydrogens (tertiary/aromatic N) is 1. The number of rotatable bonds is 5. The number of carbonyl (C=O) groups excluding carboxylic acids is 1. The average molecular weight is 328 g/mol. The fourth-order valence-electron chi connectivity index (χ4n) is 2.33. The van der Waals surface area contributed by atoms with Crippen LogP contribution in [-0.4, -0.2) is 28.7 Å². The first kappa shape index (κ1) is 14.5. The number of hydrogen-bond acceptors (Lipinski definition) is 1. The van der Waals surface area contributed by atoms with E-state index in [9.17, 15) is 9.18 Å². The fourth-order valence-corrected chi connectivity index (χ4v) is 2.58. The van der Waals surface area contributed by atoms with Gasteiger partial charge >= 0.3 is 0 Å². The normalized spacial score (nSPS) is 15.1. The van der Waals surface area contributed by atoms with Gasteiger partial charge in [-0.1, -0.05) is 22.0 Å². The highest BCUT2D eigenvalue weighted by molar-refractivity contribution is 9.09. The molecule has 0 N–H and O–H groups in total. The highest BCUT2D eigenvalue weighted by Gasteiger charge is 2.30. The summed E-state index contributed by atoms with van der Waals surface area (Å²) in [7, 11) is 0. The van der Waals surface area contributed by atoms with E-state index in [1.54, 1.807) is 12.1 Å². The summed E-state index contributed by atoms with van der Waals surface area (Å²) >= 11 is 3.38. The molecule has 2 nitrogen and oxygen atoms in total. The summed E-state index contributed by atoms with van der Waals surface area (Å²) < 4.78 is 13.9. The van der Waals surface area contributed by atoms with Gasteiger partial charge in [-0.25, -0.2) is 4.39 Å². The first-order valence-electron chi connectivity index (χ1n) is 6.76. The molecular weight excluding hydrogens is 309 g/mol. The Morgan fingerprint density at radius 3 is 2.74 bits per heavy atom. The molecule has 0 aromatic heterocycles. The van der Waals surface area contributed by atoms with E-state index in [2.05, 4.69) is 15.9 Å². The van der Waals surface area contributed by atoms with Crippen molar-refractivity contribution in [2.45, 2.75) is 38.6 Å². The lowest BCUT2D eigenvalue weighted by atomic mass is 9.90. The molecule has 0 radical (unpaired) electrons. The summed E-state index contributed by atoms with van der Waals surface area (Å²) in [6.07, 6.45) is 4.15. The van der Waals surface area contributed by atoms with Crippen LogP contribution in [0.3, 0.4) is 0 Å². The van der Waals surface area contributed by atoms with Crippen LogP contribution < -0.4 is 0 Å². The fraction of sp³-hybridized carbons (Fsp3) is 0.533.